The third-order valence-corrected chi connectivity index (χ3v) is 7.24. The van der Waals surface area contributed by atoms with E-state index in [4.69, 9.17) is 0 Å². The number of nitrogens with zero attached hydrogens (tertiary/aromatic N) is 1. The number of hydrogen-bond donors (Lipinski definition) is 0. The molecular formula is C21H22ClN. The SMILES string of the molecule is CN1CCC2C(C1)C1c3ccccc3C13c1ccccc1C23.Cl. The average Bonchev–Trinajstić information content (AvgIpc) is 2.72. The Labute approximate surface area is 144 Å². The molecule has 5 unspecified atom stereocenters. The second kappa shape index (κ2) is 4.40. The van der Waals surface area contributed by atoms with Gasteiger partial charge in [-0.3, -0.25) is 0 Å². The molecule has 1 heterocycles. The molecule has 6 rings (SSSR count). The smallest absolute Gasteiger partial charge is 0.0351 e. The highest BCUT2D eigenvalue weighted by Gasteiger charge is 2.73. The molecule has 2 aromatic carbocycles. The minimum absolute atomic E-state index is 0. The molecule has 1 spiro atoms. The Hall–Kier alpha value is -1.31. The van der Waals surface area contributed by atoms with Gasteiger partial charge in [0, 0.05) is 23.8 Å². The fraction of sp³-hybridized carbons (Fsp3) is 0.429. The predicted molar refractivity (Wildman–Crippen MR) is 95.5 cm³/mol. The van der Waals surface area contributed by atoms with E-state index >= 15 is 0 Å². The van der Waals surface area contributed by atoms with Crippen molar-refractivity contribution in [2.45, 2.75) is 23.7 Å². The molecular weight excluding hydrogens is 302 g/mol. The van der Waals surface area contributed by atoms with Crippen LogP contribution >= 0.6 is 12.4 Å². The second-order valence-electron chi connectivity index (χ2n) is 7.88. The molecule has 2 fully saturated rings. The van der Waals surface area contributed by atoms with Crippen LogP contribution < -0.4 is 0 Å². The standard InChI is InChI=1S/C21H21N.ClH/c1-22-11-10-13-16(12-22)20-15-7-3-5-9-18(15)21(20)17-8-4-2-6-14(17)19(13)21;/h2-9,13,16,19-20H,10-12H2,1H3;1H. The number of hydrogen-bond acceptors (Lipinski definition) is 1. The fourth-order valence-electron chi connectivity index (χ4n) is 6.71. The Balaban J connectivity index is 0.00000121. The number of benzene rings is 2. The summed E-state index contributed by atoms with van der Waals surface area (Å²) in [5, 5.41) is 0. The zero-order valence-corrected chi connectivity index (χ0v) is 14.2. The largest absolute Gasteiger partial charge is 0.306 e. The molecule has 118 valence electrons. The Kier molecular flexibility index (Phi) is 2.69. The third-order valence-electron chi connectivity index (χ3n) is 7.24. The van der Waals surface area contributed by atoms with Crippen LogP contribution in [0.25, 0.3) is 0 Å². The molecule has 0 amide bonds. The van der Waals surface area contributed by atoms with E-state index in [0.717, 1.165) is 23.7 Å². The Bertz CT molecular complexity index is 800. The van der Waals surface area contributed by atoms with Gasteiger partial charge in [-0.1, -0.05) is 48.5 Å². The van der Waals surface area contributed by atoms with Crippen molar-refractivity contribution in [3.8, 4) is 0 Å². The summed E-state index contributed by atoms with van der Waals surface area (Å²) in [6.45, 7) is 2.56. The van der Waals surface area contributed by atoms with Crippen LogP contribution in [0.5, 0.6) is 0 Å². The van der Waals surface area contributed by atoms with Crippen LogP contribution in [0.15, 0.2) is 48.5 Å². The summed E-state index contributed by atoms with van der Waals surface area (Å²) in [6, 6.07) is 18.6. The first-order valence-corrected chi connectivity index (χ1v) is 8.71. The molecule has 0 N–H and O–H groups in total. The van der Waals surface area contributed by atoms with E-state index in [0.29, 0.717) is 5.41 Å². The van der Waals surface area contributed by atoms with Gasteiger partial charge in [-0.05, 0) is 54.1 Å². The lowest BCUT2D eigenvalue weighted by molar-refractivity contribution is 0.149. The topological polar surface area (TPSA) is 3.24 Å². The summed E-state index contributed by atoms with van der Waals surface area (Å²) in [6.07, 6.45) is 1.38. The quantitative estimate of drug-likeness (QED) is 0.703. The Morgan fingerprint density at radius 3 is 2.09 bits per heavy atom. The minimum atomic E-state index is 0. The van der Waals surface area contributed by atoms with Gasteiger partial charge in [0.15, 0.2) is 0 Å². The number of likely N-dealkylation sites (tertiary alicyclic amines) is 1. The van der Waals surface area contributed by atoms with Crippen molar-refractivity contribution in [3.63, 3.8) is 0 Å². The average molecular weight is 324 g/mol. The summed E-state index contributed by atoms with van der Waals surface area (Å²) in [5.41, 5.74) is 7.01. The summed E-state index contributed by atoms with van der Waals surface area (Å²) < 4.78 is 0. The van der Waals surface area contributed by atoms with Crippen LogP contribution in [0, 0.1) is 11.8 Å². The molecule has 5 atom stereocenters. The maximum Gasteiger partial charge on any atom is 0.0351 e. The fourth-order valence-corrected chi connectivity index (χ4v) is 6.71. The van der Waals surface area contributed by atoms with Gasteiger partial charge in [0.05, 0.1) is 0 Å². The summed E-state index contributed by atoms with van der Waals surface area (Å²) >= 11 is 0. The van der Waals surface area contributed by atoms with Crippen LogP contribution in [0.4, 0.5) is 0 Å². The zero-order valence-electron chi connectivity index (χ0n) is 13.4. The van der Waals surface area contributed by atoms with Gasteiger partial charge in [-0.15, -0.1) is 12.4 Å². The van der Waals surface area contributed by atoms with E-state index in [9.17, 15) is 0 Å². The van der Waals surface area contributed by atoms with Crippen molar-refractivity contribution < 1.29 is 0 Å². The number of halogens is 1. The van der Waals surface area contributed by atoms with Crippen molar-refractivity contribution in [1.29, 1.82) is 0 Å². The molecule has 2 heteroatoms. The lowest BCUT2D eigenvalue weighted by Crippen LogP contribution is -2.52. The molecule has 1 saturated heterocycles. The van der Waals surface area contributed by atoms with Crippen LogP contribution in [-0.4, -0.2) is 25.0 Å². The number of rotatable bonds is 0. The summed E-state index contributed by atoms with van der Waals surface area (Å²) in [7, 11) is 2.31. The van der Waals surface area contributed by atoms with E-state index in [-0.39, 0.29) is 12.4 Å². The highest BCUT2D eigenvalue weighted by Crippen LogP contribution is 2.79. The first-order valence-electron chi connectivity index (χ1n) is 8.71. The number of piperidine rings is 1. The first-order chi connectivity index (χ1) is 10.8. The zero-order chi connectivity index (χ0) is 14.5. The van der Waals surface area contributed by atoms with Crippen molar-refractivity contribution in [3.05, 3.63) is 70.8 Å². The van der Waals surface area contributed by atoms with E-state index in [1.54, 1.807) is 22.3 Å². The van der Waals surface area contributed by atoms with E-state index in [1.165, 1.54) is 19.5 Å². The van der Waals surface area contributed by atoms with E-state index in [2.05, 4.69) is 60.5 Å². The van der Waals surface area contributed by atoms with Crippen molar-refractivity contribution in [1.82, 2.24) is 4.90 Å². The van der Waals surface area contributed by atoms with Gasteiger partial charge in [-0.2, -0.15) is 0 Å². The number of fused-ring (bicyclic) bond motifs is 7. The molecule has 0 radical (unpaired) electrons. The van der Waals surface area contributed by atoms with Crippen molar-refractivity contribution in [2.24, 2.45) is 11.8 Å². The maximum absolute atomic E-state index is 2.56. The molecule has 23 heavy (non-hydrogen) atoms. The molecule has 1 saturated carbocycles. The summed E-state index contributed by atoms with van der Waals surface area (Å²) in [4.78, 5) is 2.56. The van der Waals surface area contributed by atoms with E-state index in [1.807, 2.05) is 0 Å². The van der Waals surface area contributed by atoms with Crippen LogP contribution in [0.2, 0.25) is 0 Å². The van der Waals surface area contributed by atoms with Gasteiger partial charge in [0.2, 0.25) is 0 Å². The second-order valence-corrected chi connectivity index (χ2v) is 7.88. The molecule has 4 aliphatic rings. The van der Waals surface area contributed by atoms with Crippen LogP contribution in [0.1, 0.15) is 40.5 Å². The molecule has 2 aromatic rings. The Morgan fingerprint density at radius 1 is 0.870 bits per heavy atom. The van der Waals surface area contributed by atoms with Gasteiger partial charge < -0.3 is 4.90 Å². The molecule has 0 aromatic heterocycles. The van der Waals surface area contributed by atoms with Crippen molar-refractivity contribution >= 4 is 12.4 Å². The predicted octanol–water partition coefficient (Wildman–Crippen LogP) is 4.17. The Morgan fingerprint density at radius 2 is 1.43 bits per heavy atom. The van der Waals surface area contributed by atoms with Gasteiger partial charge in [0.1, 0.15) is 0 Å². The van der Waals surface area contributed by atoms with Gasteiger partial charge >= 0.3 is 0 Å². The normalized spacial score (nSPS) is 38.7. The molecule has 3 aliphatic carbocycles. The highest BCUT2D eigenvalue weighted by molar-refractivity contribution is 5.85. The summed E-state index contributed by atoms with van der Waals surface area (Å²) in [5.74, 6) is 3.31. The lowest BCUT2D eigenvalue weighted by Gasteiger charge is -2.59. The van der Waals surface area contributed by atoms with Crippen molar-refractivity contribution in [2.75, 3.05) is 20.1 Å². The molecule has 1 nitrogen and oxygen atoms in total. The molecule has 1 aliphatic heterocycles. The maximum atomic E-state index is 2.56. The van der Waals surface area contributed by atoms with Crippen LogP contribution in [-0.2, 0) is 5.41 Å². The first kappa shape index (κ1) is 14.1. The monoisotopic (exact) mass is 323 g/mol. The highest BCUT2D eigenvalue weighted by atomic mass is 35.5. The minimum Gasteiger partial charge on any atom is -0.306 e. The van der Waals surface area contributed by atoms with Gasteiger partial charge in [0.25, 0.3) is 0 Å². The van der Waals surface area contributed by atoms with Crippen LogP contribution in [0.3, 0.4) is 0 Å². The van der Waals surface area contributed by atoms with E-state index < -0.39 is 0 Å². The lowest BCUT2D eigenvalue weighted by atomic mass is 9.43. The third kappa shape index (κ3) is 1.33. The van der Waals surface area contributed by atoms with Gasteiger partial charge in [-0.25, -0.2) is 0 Å². The molecule has 0 bridgehead atoms.